The SMILES string of the molecule is Cn1c(CCc2ccccc2)nnc1S(N)(=O)=O. The van der Waals surface area contributed by atoms with E-state index in [0.717, 1.165) is 12.0 Å². The van der Waals surface area contributed by atoms with E-state index in [9.17, 15) is 8.42 Å². The molecule has 2 N–H and O–H groups in total. The lowest BCUT2D eigenvalue weighted by molar-refractivity contribution is 0.577. The van der Waals surface area contributed by atoms with E-state index in [1.807, 2.05) is 30.3 Å². The molecule has 0 spiro atoms. The van der Waals surface area contributed by atoms with Crippen molar-refractivity contribution in [3.8, 4) is 0 Å². The predicted molar refractivity (Wildman–Crippen MR) is 66.2 cm³/mol. The Labute approximate surface area is 106 Å². The van der Waals surface area contributed by atoms with Crippen molar-refractivity contribution in [1.29, 1.82) is 0 Å². The zero-order valence-electron chi connectivity index (χ0n) is 9.94. The third-order valence-corrected chi connectivity index (χ3v) is 3.52. The molecule has 0 aliphatic rings. The molecule has 0 atom stereocenters. The first-order valence-corrected chi connectivity index (χ1v) is 6.98. The minimum Gasteiger partial charge on any atom is -0.304 e. The molecule has 0 aliphatic carbocycles. The molecule has 96 valence electrons. The molecule has 1 aromatic heterocycles. The van der Waals surface area contributed by atoms with Crippen molar-refractivity contribution in [2.75, 3.05) is 0 Å². The second-order valence-corrected chi connectivity index (χ2v) is 5.44. The van der Waals surface area contributed by atoms with Gasteiger partial charge in [0.1, 0.15) is 5.82 Å². The van der Waals surface area contributed by atoms with Crippen molar-refractivity contribution in [3.63, 3.8) is 0 Å². The molecule has 7 heteroatoms. The summed E-state index contributed by atoms with van der Waals surface area (Å²) in [5.41, 5.74) is 1.16. The van der Waals surface area contributed by atoms with Crippen LogP contribution in [0.5, 0.6) is 0 Å². The number of rotatable bonds is 4. The summed E-state index contributed by atoms with van der Waals surface area (Å²) < 4.78 is 23.8. The fraction of sp³-hybridized carbons (Fsp3) is 0.273. The predicted octanol–water partition coefficient (Wildman–Crippen LogP) is 0.248. The number of hydrogen-bond donors (Lipinski definition) is 1. The van der Waals surface area contributed by atoms with Crippen LogP contribution in [0.3, 0.4) is 0 Å². The number of benzene rings is 1. The Kier molecular flexibility index (Phi) is 3.44. The standard InChI is InChI=1S/C11H14N4O2S/c1-15-10(13-14-11(15)18(12,16)17)8-7-9-5-3-2-4-6-9/h2-6H,7-8H2,1H3,(H2,12,16,17). The van der Waals surface area contributed by atoms with Gasteiger partial charge in [-0.15, -0.1) is 10.2 Å². The fourth-order valence-corrected chi connectivity index (χ4v) is 2.35. The van der Waals surface area contributed by atoms with Crippen LogP contribution in [0, 0.1) is 0 Å². The number of nitrogens with zero attached hydrogens (tertiary/aromatic N) is 3. The molecule has 18 heavy (non-hydrogen) atoms. The van der Waals surface area contributed by atoms with E-state index >= 15 is 0 Å². The summed E-state index contributed by atoms with van der Waals surface area (Å²) in [7, 11) is -2.21. The van der Waals surface area contributed by atoms with Gasteiger partial charge in [0, 0.05) is 13.5 Å². The van der Waals surface area contributed by atoms with Gasteiger partial charge in [-0.3, -0.25) is 0 Å². The van der Waals surface area contributed by atoms with Crippen LogP contribution >= 0.6 is 0 Å². The van der Waals surface area contributed by atoms with Crippen molar-refractivity contribution >= 4 is 10.0 Å². The largest absolute Gasteiger partial charge is 0.304 e. The van der Waals surface area contributed by atoms with Gasteiger partial charge >= 0.3 is 0 Å². The van der Waals surface area contributed by atoms with Gasteiger partial charge in [-0.05, 0) is 12.0 Å². The van der Waals surface area contributed by atoms with Crippen LogP contribution in [0.15, 0.2) is 35.5 Å². The minimum atomic E-state index is -3.81. The number of primary sulfonamides is 1. The lowest BCUT2D eigenvalue weighted by Gasteiger charge is -2.02. The fourth-order valence-electron chi connectivity index (χ4n) is 1.71. The Morgan fingerprint density at radius 1 is 1.17 bits per heavy atom. The van der Waals surface area contributed by atoms with Crippen molar-refractivity contribution < 1.29 is 8.42 Å². The molecule has 6 nitrogen and oxygen atoms in total. The number of aryl methyl sites for hydroxylation is 2. The molecule has 1 heterocycles. The molecule has 2 aromatic rings. The average Bonchev–Trinajstić information content (AvgIpc) is 2.69. The lowest BCUT2D eigenvalue weighted by Crippen LogP contribution is -2.17. The van der Waals surface area contributed by atoms with E-state index in [1.54, 1.807) is 7.05 Å². The first-order chi connectivity index (χ1) is 8.48. The molecule has 0 saturated carbocycles. The topological polar surface area (TPSA) is 90.9 Å². The molecular weight excluding hydrogens is 252 g/mol. The van der Waals surface area contributed by atoms with Crippen LogP contribution in [0.1, 0.15) is 11.4 Å². The molecule has 0 aliphatic heterocycles. The normalized spacial score (nSPS) is 11.7. The molecule has 0 saturated heterocycles. The van der Waals surface area contributed by atoms with Crippen molar-refractivity contribution in [3.05, 3.63) is 41.7 Å². The van der Waals surface area contributed by atoms with E-state index < -0.39 is 10.0 Å². The van der Waals surface area contributed by atoms with Crippen molar-refractivity contribution in [1.82, 2.24) is 14.8 Å². The Balaban J connectivity index is 2.14. The minimum absolute atomic E-state index is 0.203. The van der Waals surface area contributed by atoms with Gasteiger partial charge in [0.25, 0.3) is 15.2 Å². The van der Waals surface area contributed by atoms with Crippen LogP contribution in [0.4, 0.5) is 0 Å². The smallest absolute Gasteiger partial charge is 0.273 e. The summed E-state index contributed by atoms with van der Waals surface area (Å²) in [4.78, 5) is 0. The number of nitrogens with two attached hydrogens (primary N) is 1. The van der Waals surface area contributed by atoms with Crippen molar-refractivity contribution in [2.24, 2.45) is 12.2 Å². The first kappa shape index (κ1) is 12.7. The summed E-state index contributed by atoms with van der Waals surface area (Å²) in [6.45, 7) is 0. The Morgan fingerprint density at radius 2 is 1.83 bits per heavy atom. The van der Waals surface area contributed by atoms with Gasteiger partial charge in [-0.25, -0.2) is 13.6 Å². The maximum absolute atomic E-state index is 11.2. The van der Waals surface area contributed by atoms with Crippen LogP contribution in [-0.2, 0) is 29.9 Å². The van der Waals surface area contributed by atoms with Gasteiger partial charge in [0.2, 0.25) is 0 Å². The zero-order chi connectivity index (χ0) is 13.2. The van der Waals surface area contributed by atoms with E-state index in [-0.39, 0.29) is 5.16 Å². The van der Waals surface area contributed by atoms with Crippen LogP contribution in [0.25, 0.3) is 0 Å². The molecule has 0 amide bonds. The van der Waals surface area contributed by atoms with Gasteiger partial charge < -0.3 is 4.57 Å². The van der Waals surface area contributed by atoms with E-state index in [1.165, 1.54) is 4.57 Å². The third kappa shape index (κ3) is 2.74. The maximum atomic E-state index is 11.2. The van der Waals surface area contributed by atoms with Gasteiger partial charge in [0.15, 0.2) is 0 Å². The third-order valence-electron chi connectivity index (χ3n) is 2.66. The van der Waals surface area contributed by atoms with Gasteiger partial charge in [-0.1, -0.05) is 30.3 Å². The van der Waals surface area contributed by atoms with Crippen LogP contribution in [0.2, 0.25) is 0 Å². The van der Waals surface area contributed by atoms with E-state index in [0.29, 0.717) is 12.2 Å². The molecule has 0 bridgehead atoms. The molecule has 2 rings (SSSR count). The molecule has 1 aromatic carbocycles. The first-order valence-electron chi connectivity index (χ1n) is 5.43. The average molecular weight is 266 g/mol. The number of aromatic nitrogens is 3. The Bertz CT molecular complexity index is 634. The second kappa shape index (κ2) is 4.87. The van der Waals surface area contributed by atoms with Gasteiger partial charge in [0.05, 0.1) is 0 Å². The summed E-state index contributed by atoms with van der Waals surface area (Å²) in [6, 6.07) is 9.89. The Hall–Kier alpha value is -1.73. The summed E-state index contributed by atoms with van der Waals surface area (Å²) >= 11 is 0. The number of sulfonamides is 1. The second-order valence-electron chi connectivity index (χ2n) is 3.99. The highest BCUT2D eigenvalue weighted by molar-refractivity contribution is 7.89. The molecule has 0 unspecified atom stereocenters. The number of hydrogen-bond acceptors (Lipinski definition) is 4. The van der Waals surface area contributed by atoms with Crippen molar-refractivity contribution in [2.45, 2.75) is 18.0 Å². The maximum Gasteiger partial charge on any atom is 0.273 e. The van der Waals surface area contributed by atoms with Crippen LogP contribution in [-0.4, -0.2) is 23.2 Å². The lowest BCUT2D eigenvalue weighted by atomic mass is 10.1. The van der Waals surface area contributed by atoms with E-state index in [4.69, 9.17) is 5.14 Å². The molecule has 0 fully saturated rings. The van der Waals surface area contributed by atoms with Gasteiger partial charge in [-0.2, -0.15) is 0 Å². The molecule has 0 radical (unpaired) electrons. The highest BCUT2D eigenvalue weighted by Crippen LogP contribution is 2.08. The zero-order valence-corrected chi connectivity index (χ0v) is 10.8. The molecular formula is C11H14N4O2S. The highest BCUT2D eigenvalue weighted by Gasteiger charge is 2.18. The summed E-state index contributed by atoms with van der Waals surface area (Å²) in [5.74, 6) is 0.600. The van der Waals surface area contributed by atoms with Crippen LogP contribution < -0.4 is 5.14 Å². The van der Waals surface area contributed by atoms with E-state index in [2.05, 4.69) is 10.2 Å². The monoisotopic (exact) mass is 266 g/mol. The summed E-state index contributed by atoms with van der Waals surface area (Å²) in [5, 5.41) is 12.3. The Morgan fingerprint density at radius 3 is 2.39 bits per heavy atom. The summed E-state index contributed by atoms with van der Waals surface area (Å²) in [6.07, 6.45) is 1.39. The quantitative estimate of drug-likeness (QED) is 0.858. The highest BCUT2D eigenvalue weighted by atomic mass is 32.2.